The fourth-order valence-electron chi connectivity index (χ4n) is 2.98. The molecule has 0 aliphatic heterocycles. The molecule has 1 aliphatic carbocycles. The van der Waals surface area contributed by atoms with Crippen LogP contribution in [0.4, 0.5) is 0 Å². The fraction of sp³-hybridized carbons (Fsp3) is 0.667. The van der Waals surface area contributed by atoms with Crippen molar-refractivity contribution in [2.75, 3.05) is 0 Å². The molecular formula is C15H25N3. The molecule has 18 heavy (non-hydrogen) atoms. The van der Waals surface area contributed by atoms with Crippen molar-refractivity contribution in [3.05, 3.63) is 30.1 Å². The standard InChI is InChI=1S/C15H25N3/c16-18-15(11-13-5-2-1-3-6-13)9-8-14-7-4-10-17-12-14/h4,7,10,12-13,15,18H,1-3,5-6,8-9,11,16H2. The van der Waals surface area contributed by atoms with E-state index in [0.29, 0.717) is 6.04 Å². The largest absolute Gasteiger partial charge is 0.271 e. The zero-order valence-electron chi connectivity index (χ0n) is 11.1. The molecule has 1 aromatic heterocycles. The molecule has 1 heterocycles. The molecule has 0 saturated heterocycles. The summed E-state index contributed by atoms with van der Waals surface area (Å²) in [5.74, 6) is 6.57. The monoisotopic (exact) mass is 247 g/mol. The molecule has 3 nitrogen and oxygen atoms in total. The average molecular weight is 247 g/mol. The third kappa shape index (κ3) is 4.39. The van der Waals surface area contributed by atoms with Gasteiger partial charge in [0.15, 0.2) is 0 Å². The predicted octanol–water partition coefficient (Wildman–Crippen LogP) is 2.82. The first-order chi connectivity index (χ1) is 8.88. The molecule has 1 saturated carbocycles. The molecular weight excluding hydrogens is 222 g/mol. The fourth-order valence-corrected chi connectivity index (χ4v) is 2.98. The number of nitrogens with zero attached hydrogens (tertiary/aromatic N) is 1. The number of pyridine rings is 1. The van der Waals surface area contributed by atoms with Gasteiger partial charge in [0.1, 0.15) is 0 Å². The van der Waals surface area contributed by atoms with Crippen molar-refractivity contribution in [2.45, 2.75) is 57.4 Å². The topological polar surface area (TPSA) is 50.9 Å². The van der Waals surface area contributed by atoms with E-state index in [1.165, 1.54) is 44.1 Å². The number of hydrogen-bond donors (Lipinski definition) is 2. The van der Waals surface area contributed by atoms with Crippen molar-refractivity contribution >= 4 is 0 Å². The molecule has 1 aliphatic rings. The normalized spacial score (nSPS) is 18.7. The maximum absolute atomic E-state index is 5.69. The van der Waals surface area contributed by atoms with Crippen LogP contribution in [0.1, 0.15) is 50.5 Å². The van der Waals surface area contributed by atoms with E-state index in [9.17, 15) is 0 Å². The Morgan fingerprint density at radius 3 is 2.83 bits per heavy atom. The maximum Gasteiger partial charge on any atom is 0.0299 e. The van der Waals surface area contributed by atoms with Gasteiger partial charge in [-0.2, -0.15) is 0 Å². The van der Waals surface area contributed by atoms with Crippen molar-refractivity contribution in [3.8, 4) is 0 Å². The molecule has 1 aromatic rings. The lowest BCUT2D eigenvalue weighted by Crippen LogP contribution is -2.37. The summed E-state index contributed by atoms with van der Waals surface area (Å²) in [5, 5.41) is 0. The Hall–Kier alpha value is -0.930. The molecule has 2 rings (SSSR count). The first kappa shape index (κ1) is 13.5. The van der Waals surface area contributed by atoms with Gasteiger partial charge in [-0.15, -0.1) is 0 Å². The number of nitrogens with two attached hydrogens (primary N) is 1. The van der Waals surface area contributed by atoms with Crippen LogP contribution < -0.4 is 11.3 Å². The number of aryl methyl sites for hydroxylation is 1. The summed E-state index contributed by atoms with van der Waals surface area (Å²) in [5.41, 5.74) is 4.31. The number of nitrogens with one attached hydrogen (secondary N) is 1. The molecule has 0 radical (unpaired) electrons. The summed E-state index contributed by atoms with van der Waals surface area (Å²) >= 11 is 0. The lowest BCUT2D eigenvalue weighted by atomic mass is 9.84. The highest BCUT2D eigenvalue weighted by Gasteiger charge is 2.18. The van der Waals surface area contributed by atoms with Crippen molar-refractivity contribution < 1.29 is 0 Å². The van der Waals surface area contributed by atoms with Crippen LogP contribution in [0.25, 0.3) is 0 Å². The van der Waals surface area contributed by atoms with Gasteiger partial charge in [0.2, 0.25) is 0 Å². The van der Waals surface area contributed by atoms with E-state index in [1.807, 2.05) is 18.5 Å². The number of hydrazine groups is 1. The molecule has 0 aromatic carbocycles. The third-order valence-corrected chi connectivity index (χ3v) is 4.08. The number of hydrogen-bond acceptors (Lipinski definition) is 3. The molecule has 0 amide bonds. The van der Waals surface area contributed by atoms with E-state index in [-0.39, 0.29) is 0 Å². The van der Waals surface area contributed by atoms with Crippen LogP contribution in [0.5, 0.6) is 0 Å². The highest BCUT2D eigenvalue weighted by Crippen LogP contribution is 2.28. The first-order valence-corrected chi connectivity index (χ1v) is 7.23. The smallest absolute Gasteiger partial charge is 0.0299 e. The second kappa shape index (κ2) is 7.49. The Morgan fingerprint density at radius 1 is 1.33 bits per heavy atom. The van der Waals surface area contributed by atoms with Crippen LogP contribution in [-0.4, -0.2) is 11.0 Å². The molecule has 0 bridgehead atoms. The van der Waals surface area contributed by atoms with Crippen molar-refractivity contribution in [3.63, 3.8) is 0 Å². The zero-order chi connectivity index (χ0) is 12.6. The van der Waals surface area contributed by atoms with Gasteiger partial charge < -0.3 is 0 Å². The van der Waals surface area contributed by atoms with Crippen molar-refractivity contribution in [1.29, 1.82) is 0 Å². The Morgan fingerprint density at radius 2 is 2.17 bits per heavy atom. The van der Waals surface area contributed by atoms with Crippen LogP contribution in [0.3, 0.4) is 0 Å². The van der Waals surface area contributed by atoms with E-state index in [4.69, 9.17) is 5.84 Å². The summed E-state index contributed by atoms with van der Waals surface area (Å²) in [6.07, 6.45) is 14.2. The van der Waals surface area contributed by atoms with Crippen LogP contribution in [0.2, 0.25) is 0 Å². The van der Waals surface area contributed by atoms with E-state index in [0.717, 1.165) is 18.8 Å². The van der Waals surface area contributed by atoms with Crippen LogP contribution in [-0.2, 0) is 6.42 Å². The van der Waals surface area contributed by atoms with E-state index in [1.54, 1.807) is 0 Å². The van der Waals surface area contributed by atoms with E-state index in [2.05, 4.69) is 16.5 Å². The molecule has 100 valence electrons. The van der Waals surface area contributed by atoms with Gasteiger partial charge in [0.05, 0.1) is 0 Å². The zero-order valence-corrected chi connectivity index (χ0v) is 11.1. The molecule has 1 fully saturated rings. The van der Waals surface area contributed by atoms with Gasteiger partial charge in [0, 0.05) is 18.4 Å². The van der Waals surface area contributed by atoms with Crippen LogP contribution in [0, 0.1) is 5.92 Å². The van der Waals surface area contributed by atoms with E-state index < -0.39 is 0 Å². The lowest BCUT2D eigenvalue weighted by molar-refractivity contribution is 0.292. The SMILES string of the molecule is NNC(CCc1cccnc1)CC1CCCCC1. The Labute approximate surface area is 110 Å². The highest BCUT2D eigenvalue weighted by atomic mass is 15.2. The second-order valence-corrected chi connectivity index (χ2v) is 5.50. The minimum absolute atomic E-state index is 0.452. The van der Waals surface area contributed by atoms with Gasteiger partial charge >= 0.3 is 0 Å². The van der Waals surface area contributed by atoms with Crippen molar-refractivity contribution in [1.82, 2.24) is 10.4 Å². The molecule has 3 N–H and O–H groups in total. The van der Waals surface area contributed by atoms with Gasteiger partial charge in [0.25, 0.3) is 0 Å². The average Bonchev–Trinajstić information content (AvgIpc) is 2.45. The van der Waals surface area contributed by atoms with Crippen LogP contribution in [0.15, 0.2) is 24.5 Å². The molecule has 1 unspecified atom stereocenters. The first-order valence-electron chi connectivity index (χ1n) is 7.23. The van der Waals surface area contributed by atoms with Crippen molar-refractivity contribution in [2.24, 2.45) is 11.8 Å². The third-order valence-electron chi connectivity index (χ3n) is 4.08. The Bertz CT molecular complexity index is 320. The van der Waals surface area contributed by atoms with Crippen LogP contribution >= 0.6 is 0 Å². The minimum atomic E-state index is 0.452. The Kier molecular flexibility index (Phi) is 5.62. The highest BCUT2D eigenvalue weighted by molar-refractivity contribution is 5.08. The molecule has 1 atom stereocenters. The molecule has 3 heteroatoms. The van der Waals surface area contributed by atoms with Gasteiger partial charge in [-0.05, 0) is 36.8 Å². The second-order valence-electron chi connectivity index (χ2n) is 5.50. The van der Waals surface area contributed by atoms with Gasteiger partial charge in [-0.1, -0.05) is 38.2 Å². The molecule has 0 spiro atoms. The maximum atomic E-state index is 5.69. The summed E-state index contributed by atoms with van der Waals surface area (Å²) < 4.78 is 0. The van der Waals surface area contributed by atoms with Gasteiger partial charge in [-0.25, -0.2) is 0 Å². The minimum Gasteiger partial charge on any atom is -0.271 e. The van der Waals surface area contributed by atoms with Gasteiger partial charge in [-0.3, -0.25) is 16.3 Å². The Balaban J connectivity index is 1.74. The lowest BCUT2D eigenvalue weighted by Gasteiger charge is -2.26. The summed E-state index contributed by atoms with van der Waals surface area (Å²) in [6, 6.07) is 4.59. The van der Waals surface area contributed by atoms with E-state index >= 15 is 0 Å². The summed E-state index contributed by atoms with van der Waals surface area (Å²) in [6.45, 7) is 0. The summed E-state index contributed by atoms with van der Waals surface area (Å²) in [7, 11) is 0. The predicted molar refractivity (Wildman–Crippen MR) is 74.9 cm³/mol. The number of rotatable bonds is 6. The quantitative estimate of drug-likeness (QED) is 0.600. The summed E-state index contributed by atoms with van der Waals surface area (Å²) in [4.78, 5) is 4.15. The number of aromatic nitrogens is 1.